The van der Waals surface area contributed by atoms with Crippen LogP contribution < -0.4 is 15.4 Å². The van der Waals surface area contributed by atoms with Crippen molar-refractivity contribution in [1.29, 1.82) is 5.26 Å². The number of ether oxygens (including phenoxy) is 1. The topological polar surface area (TPSA) is 91.2 Å². The molecule has 0 spiro atoms. The summed E-state index contributed by atoms with van der Waals surface area (Å²) in [7, 11) is 0. The number of hydrogen-bond donors (Lipinski definition) is 2. The Morgan fingerprint density at radius 3 is 2.54 bits per heavy atom. The van der Waals surface area contributed by atoms with E-state index in [1.165, 1.54) is 25.1 Å². The van der Waals surface area contributed by atoms with Gasteiger partial charge in [0.05, 0.1) is 22.9 Å². The molecule has 3 aromatic rings. The second kappa shape index (κ2) is 9.71. The van der Waals surface area contributed by atoms with Crippen LogP contribution >= 0.6 is 11.6 Å². The number of nitrogens with zero attached hydrogens (tertiary/aromatic N) is 1. The summed E-state index contributed by atoms with van der Waals surface area (Å²) in [5, 5.41) is 14.2. The number of amides is 2. The lowest BCUT2D eigenvalue weighted by Gasteiger charge is -2.19. The van der Waals surface area contributed by atoms with Gasteiger partial charge in [-0.15, -0.1) is 0 Å². The predicted octanol–water partition coefficient (Wildman–Crippen LogP) is 6.01. The maximum Gasteiger partial charge on any atom is 0.416 e. The zero-order chi connectivity index (χ0) is 27.1. The van der Waals surface area contributed by atoms with E-state index in [0.717, 1.165) is 12.1 Å². The number of fused-ring (bicyclic) bond motifs is 1. The van der Waals surface area contributed by atoms with E-state index >= 15 is 0 Å². The van der Waals surface area contributed by atoms with Crippen LogP contribution in [0.15, 0.2) is 48.5 Å². The lowest BCUT2D eigenvalue weighted by Crippen LogP contribution is -2.21. The number of rotatable bonds is 5. The summed E-state index contributed by atoms with van der Waals surface area (Å²) in [6.45, 7) is 1.42. The van der Waals surface area contributed by atoms with Crippen LogP contribution in [-0.4, -0.2) is 17.9 Å². The van der Waals surface area contributed by atoms with E-state index in [9.17, 15) is 31.5 Å². The maximum atomic E-state index is 14.0. The van der Waals surface area contributed by atoms with Crippen LogP contribution in [0.4, 0.5) is 27.6 Å². The second-order valence-electron chi connectivity index (χ2n) is 8.07. The lowest BCUT2D eigenvalue weighted by molar-refractivity contribution is -0.137. The highest BCUT2D eigenvalue weighted by atomic mass is 35.5. The van der Waals surface area contributed by atoms with Crippen LogP contribution in [0.5, 0.6) is 5.75 Å². The Hall–Kier alpha value is -4.17. The van der Waals surface area contributed by atoms with Gasteiger partial charge in [0.25, 0.3) is 11.8 Å². The fourth-order valence-corrected chi connectivity index (χ4v) is 4.08. The molecule has 1 aliphatic heterocycles. The summed E-state index contributed by atoms with van der Waals surface area (Å²) in [6.07, 6.45) is -5.87. The highest BCUT2D eigenvalue weighted by Gasteiger charge is 2.36. The van der Waals surface area contributed by atoms with Gasteiger partial charge in [-0.05, 0) is 49.4 Å². The number of nitriles is 1. The van der Waals surface area contributed by atoms with Crippen LogP contribution in [0.2, 0.25) is 5.02 Å². The van der Waals surface area contributed by atoms with Crippen LogP contribution in [-0.2, 0) is 6.18 Å². The Morgan fingerprint density at radius 2 is 1.86 bits per heavy atom. The van der Waals surface area contributed by atoms with E-state index in [1.807, 2.05) is 6.07 Å². The Kier molecular flexibility index (Phi) is 6.80. The van der Waals surface area contributed by atoms with Crippen LogP contribution in [0.1, 0.15) is 50.4 Å². The summed E-state index contributed by atoms with van der Waals surface area (Å²) < 4.78 is 72.8. The first-order chi connectivity index (χ1) is 17.4. The first-order valence-corrected chi connectivity index (χ1v) is 10.9. The van der Waals surface area contributed by atoms with Gasteiger partial charge in [-0.25, -0.2) is 8.78 Å². The molecule has 0 aromatic heterocycles. The highest BCUT2D eigenvalue weighted by Crippen LogP contribution is 2.42. The molecule has 1 heterocycles. The van der Waals surface area contributed by atoms with Crippen LogP contribution in [0.25, 0.3) is 0 Å². The van der Waals surface area contributed by atoms with Crippen molar-refractivity contribution in [3.8, 4) is 11.8 Å². The number of carbonyl (C=O) groups excluding carboxylic acids is 2. The molecule has 3 aromatic carbocycles. The van der Waals surface area contributed by atoms with Crippen molar-refractivity contribution in [3.05, 3.63) is 93.0 Å². The van der Waals surface area contributed by atoms with Crippen molar-refractivity contribution < 1.29 is 36.3 Å². The molecule has 6 nitrogen and oxygen atoms in total. The third-order valence-electron chi connectivity index (χ3n) is 5.46. The van der Waals surface area contributed by atoms with Crippen LogP contribution in [0.3, 0.4) is 0 Å². The summed E-state index contributed by atoms with van der Waals surface area (Å²) in [5.74, 6) is -3.72. The Labute approximate surface area is 211 Å². The first-order valence-electron chi connectivity index (χ1n) is 10.6. The largest absolute Gasteiger partial charge is 0.476 e. The maximum absolute atomic E-state index is 14.0. The normalized spacial score (nSPS) is 15.4. The van der Waals surface area contributed by atoms with Gasteiger partial charge in [-0.2, -0.15) is 18.4 Å². The fourth-order valence-electron chi connectivity index (χ4n) is 3.86. The van der Waals surface area contributed by atoms with E-state index in [4.69, 9.17) is 21.6 Å². The molecule has 0 radical (unpaired) electrons. The molecule has 190 valence electrons. The van der Waals surface area contributed by atoms with Gasteiger partial charge >= 0.3 is 6.18 Å². The molecular weight excluding hydrogens is 521 g/mol. The SMILES string of the molecule is C[C@@H](C#N)Oc1cc(NC(=O)c2cc(F)cc(C(F)(F)F)c2)c2c(c1)C(=O)N[C@@H]2c1cc(F)ccc1Cl. The molecule has 2 atom stereocenters. The van der Waals surface area contributed by atoms with Crippen molar-refractivity contribution in [3.63, 3.8) is 0 Å². The molecule has 0 bridgehead atoms. The molecule has 0 unspecified atom stereocenters. The van der Waals surface area contributed by atoms with Gasteiger partial charge in [-0.3, -0.25) is 9.59 Å². The third-order valence-corrected chi connectivity index (χ3v) is 5.81. The molecule has 37 heavy (non-hydrogen) atoms. The third kappa shape index (κ3) is 5.34. The first kappa shape index (κ1) is 25.9. The van der Waals surface area contributed by atoms with Crippen molar-refractivity contribution in [2.24, 2.45) is 0 Å². The molecule has 4 rings (SSSR count). The smallest absolute Gasteiger partial charge is 0.416 e. The predicted molar refractivity (Wildman–Crippen MR) is 122 cm³/mol. The van der Waals surface area contributed by atoms with E-state index in [2.05, 4.69) is 10.6 Å². The van der Waals surface area contributed by atoms with E-state index in [-0.39, 0.29) is 39.2 Å². The van der Waals surface area contributed by atoms with Gasteiger partial charge in [0, 0.05) is 27.8 Å². The average molecular weight is 536 g/mol. The quantitative estimate of drug-likeness (QED) is 0.391. The monoisotopic (exact) mass is 535 g/mol. The lowest BCUT2D eigenvalue weighted by atomic mass is 9.95. The van der Waals surface area contributed by atoms with Gasteiger partial charge in [-0.1, -0.05) is 11.6 Å². The van der Waals surface area contributed by atoms with Crippen molar-refractivity contribution >= 4 is 29.1 Å². The van der Waals surface area contributed by atoms with E-state index < -0.39 is 52.9 Å². The molecule has 2 N–H and O–H groups in total. The number of halogens is 6. The number of nitrogens with one attached hydrogen (secondary N) is 2. The highest BCUT2D eigenvalue weighted by molar-refractivity contribution is 6.31. The Balaban J connectivity index is 1.84. The minimum absolute atomic E-state index is 0.0144. The van der Waals surface area contributed by atoms with Gasteiger partial charge in [0.15, 0.2) is 6.10 Å². The molecular formula is C25H15ClF5N3O3. The second-order valence-corrected chi connectivity index (χ2v) is 8.48. The van der Waals surface area contributed by atoms with Gasteiger partial charge in [0.2, 0.25) is 0 Å². The standard InChI is InChI=1S/C25H15ClF5N3O3/c1-11(10-32)37-16-8-18-21(22(34-24(18)36)17-7-14(27)2-3-19(17)26)20(9-16)33-23(35)12-4-13(25(29,30)31)6-15(28)5-12/h2-9,11,22H,1H3,(H,33,35)(H,34,36)/t11-,22+/m0/s1. The Bertz CT molecular complexity index is 1470. The number of alkyl halides is 3. The fraction of sp³-hybridized carbons (Fsp3) is 0.160. The number of anilines is 1. The minimum atomic E-state index is -4.91. The van der Waals surface area contributed by atoms with Crippen molar-refractivity contribution in [2.45, 2.75) is 25.2 Å². The van der Waals surface area contributed by atoms with Crippen molar-refractivity contribution in [1.82, 2.24) is 5.32 Å². The molecule has 0 saturated heterocycles. The summed E-state index contributed by atoms with van der Waals surface area (Å²) in [4.78, 5) is 25.8. The summed E-state index contributed by atoms with van der Waals surface area (Å²) >= 11 is 6.23. The summed E-state index contributed by atoms with van der Waals surface area (Å²) in [6, 6.07) is 8.12. The number of benzene rings is 3. The molecule has 12 heteroatoms. The van der Waals surface area contributed by atoms with E-state index in [1.54, 1.807) is 0 Å². The number of carbonyl (C=O) groups is 2. The van der Waals surface area contributed by atoms with Crippen molar-refractivity contribution in [2.75, 3.05) is 5.32 Å². The summed E-state index contributed by atoms with van der Waals surface area (Å²) in [5.41, 5.74) is -1.87. The van der Waals surface area contributed by atoms with Crippen LogP contribution in [0, 0.1) is 23.0 Å². The van der Waals surface area contributed by atoms with Gasteiger partial charge in [0.1, 0.15) is 23.5 Å². The minimum Gasteiger partial charge on any atom is -0.476 e. The van der Waals surface area contributed by atoms with Gasteiger partial charge < -0.3 is 15.4 Å². The van der Waals surface area contributed by atoms with E-state index in [0.29, 0.717) is 12.1 Å². The molecule has 0 saturated carbocycles. The zero-order valence-electron chi connectivity index (χ0n) is 18.7. The Morgan fingerprint density at radius 1 is 1.14 bits per heavy atom. The molecule has 0 aliphatic carbocycles. The number of hydrogen-bond acceptors (Lipinski definition) is 4. The average Bonchev–Trinajstić information content (AvgIpc) is 3.16. The zero-order valence-corrected chi connectivity index (χ0v) is 19.5. The molecule has 1 aliphatic rings. The molecule has 0 fully saturated rings. The molecule has 2 amide bonds.